The van der Waals surface area contributed by atoms with Crippen LogP contribution >= 0.6 is 27.7 Å². The highest BCUT2D eigenvalue weighted by Gasteiger charge is 2.08. The maximum atomic E-state index is 12.2. The molecule has 0 fully saturated rings. The Kier molecular flexibility index (Phi) is 6.13. The number of nitrogens with one attached hydrogen (secondary N) is 1. The molecule has 3 aromatic rings. The third-order valence-electron chi connectivity index (χ3n) is 3.99. The van der Waals surface area contributed by atoms with Crippen LogP contribution in [0, 0.1) is 13.8 Å². The number of carbonyl (C=O) groups excluding carboxylic acids is 1. The number of halogens is 1. The van der Waals surface area contributed by atoms with Crippen molar-refractivity contribution in [3.05, 3.63) is 80.6 Å². The van der Waals surface area contributed by atoms with E-state index < -0.39 is 0 Å². The van der Waals surface area contributed by atoms with Gasteiger partial charge in [0.25, 0.3) is 5.56 Å². The molecule has 0 radical (unpaired) electrons. The molecule has 1 aromatic heterocycles. The lowest BCUT2D eigenvalue weighted by molar-refractivity contribution is -0.113. The highest BCUT2D eigenvalue weighted by atomic mass is 79.9. The summed E-state index contributed by atoms with van der Waals surface area (Å²) in [5.74, 6) is 0.0711. The van der Waals surface area contributed by atoms with Gasteiger partial charge >= 0.3 is 0 Å². The molecule has 2 aromatic carbocycles. The van der Waals surface area contributed by atoms with E-state index in [4.69, 9.17) is 0 Å². The zero-order valence-electron chi connectivity index (χ0n) is 14.9. The fourth-order valence-electron chi connectivity index (χ4n) is 2.38. The minimum atomic E-state index is -0.207. The van der Waals surface area contributed by atoms with Crippen LogP contribution in [-0.2, 0) is 4.79 Å². The van der Waals surface area contributed by atoms with Gasteiger partial charge in [0, 0.05) is 16.2 Å². The molecule has 5 nitrogen and oxygen atoms in total. The van der Waals surface area contributed by atoms with Crippen molar-refractivity contribution in [1.82, 2.24) is 9.78 Å². The van der Waals surface area contributed by atoms with Gasteiger partial charge in [-0.05, 0) is 67.4 Å². The van der Waals surface area contributed by atoms with Gasteiger partial charge in [0.15, 0.2) is 0 Å². The second kappa shape index (κ2) is 8.54. The number of hydrogen-bond acceptors (Lipinski definition) is 4. The molecule has 0 spiro atoms. The molecule has 138 valence electrons. The van der Waals surface area contributed by atoms with Crippen molar-refractivity contribution in [2.45, 2.75) is 18.9 Å². The van der Waals surface area contributed by atoms with Gasteiger partial charge in [-0.15, -0.1) is 0 Å². The standard InChI is InChI=1S/C20H18BrN3O2S/c1-13-3-8-17(11-14(13)2)24-20(26)10-9-19(23-24)27-12-18(25)22-16-6-4-15(21)5-7-16/h3-11H,12H2,1-2H3,(H,22,25). The molecule has 0 aliphatic heterocycles. The lowest BCUT2D eigenvalue weighted by Gasteiger charge is -2.09. The van der Waals surface area contributed by atoms with Crippen molar-refractivity contribution >= 4 is 39.3 Å². The van der Waals surface area contributed by atoms with Crippen LogP contribution in [-0.4, -0.2) is 21.4 Å². The Morgan fingerprint density at radius 2 is 1.81 bits per heavy atom. The molecule has 0 unspecified atom stereocenters. The van der Waals surface area contributed by atoms with Gasteiger partial charge < -0.3 is 5.32 Å². The van der Waals surface area contributed by atoms with E-state index in [1.807, 2.05) is 56.3 Å². The van der Waals surface area contributed by atoms with Crippen molar-refractivity contribution in [2.75, 3.05) is 11.1 Å². The van der Waals surface area contributed by atoms with Gasteiger partial charge in [0.05, 0.1) is 11.4 Å². The Hall–Kier alpha value is -2.38. The maximum absolute atomic E-state index is 12.2. The van der Waals surface area contributed by atoms with Gasteiger partial charge in [-0.3, -0.25) is 9.59 Å². The Balaban J connectivity index is 1.70. The largest absolute Gasteiger partial charge is 0.325 e. The number of amides is 1. The zero-order valence-corrected chi connectivity index (χ0v) is 17.3. The molecule has 1 N–H and O–H groups in total. The molecule has 3 rings (SSSR count). The summed E-state index contributed by atoms with van der Waals surface area (Å²) < 4.78 is 2.31. The third kappa shape index (κ3) is 5.08. The molecule has 0 saturated carbocycles. The SMILES string of the molecule is Cc1ccc(-n2nc(SCC(=O)Nc3ccc(Br)cc3)ccc2=O)cc1C. The number of thioether (sulfide) groups is 1. The molecule has 0 bridgehead atoms. The summed E-state index contributed by atoms with van der Waals surface area (Å²) in [7, 11) is 0. The van der Waals surface area contributed by atoms with E-state index >= 15 is 0 Å². The summed E-state index contributed by atoms with van der Waals surface area (Å²) in [4.78, 5) is 24.3. The van der Waals surface area contributed by atoms with Crippen LogP contribution in [0.1, 0.15) is 11.1 Å². The van der Waals surface area contributed by atoms with E-state index in [1.54, 1.807) is 6.07 Å². The Morgan fingerprint density at radius 1 is 1.07 bits per heavy atom. The van der Waals surface area contributed by atoms with Crippen molar-refractivity contribution in [1.29, 1.82) is 0 Å². The zero-order chi connectivity index (χ0) is 19.4. The first-order valence-electron chi connectivity index (χ1n) is 8.28. The van der Waals surface area contributed by atoms with Crippen LogP contribution in [0.2, 0.25) is 0 Å². The lowest BCUT2D eigenvalue weighted by atomic mass is 10.1. The maximum Gasteiger partial charge on any atom is 0.271 e. The number of carbonyl (C=O) groups is 1. The molecule has 0 aliphatic rings. The Bertz CT molecular complexity index is 1030. The normalized spacial score (nSPS) is 10.6. The van der Waals surface area contributed by atoms with Crippen LogP contribution in [0.4, 0.5) is 5.69 Å². The summed E-state index contributed by atoms with van der Waals surface area (Å²) in [5.41, 5.74) is 3.48. The molecule has 0 atom stereocenters. The topological polar surface area (TPSA) is 64.0 Å². The fourth-order valence-corrected chi connectivity index (χ4v) is 3.30. The molecule has 27 heavy (non-hydrogen) atoms. The van der Waals surface area contributed by atoms with Crippen LogP contribution in [0.25, 0.3) is 5.69 Å². The van der Waals surface area contributed by atoms with Crippen molar-refractivity contribution in [2.24, 2.45) is 0 Å². The molecule has 1 heterocycles. The first-order valence-corrected chi connectivity index (χ1v) is 10.1. The van der Waals surface area contributed by atoms with Crippen LogP contribution < -0.4 is 10.9 Å². The van der Waals surface area contributed by atoms with Crippen LogP contribution in [0.15, 0.2) is 68.9 Å². The minimum absolute atomic E-state index is 0.131. The van der Waals surface area contributed by atoms with Crippen molar-refractivity contribution in [3.8, 4) is 5.69 Å². The van der Waals surface area contributed by atoms with Crippen LogP contribution in [0.3, 0.4) is 0 Å². The number of aromatic nitrogens is 2. The number of hydrogen-bond donors (Lipinski definition) is 1. The molecule has 1 amide bonds. The quantitative estimate of drug-likeness (QED) is 0.595. The van der Waals surface area contributed by atoms with Gasteiger partial charge in [-0.1, -0.05) is 33.8 Å². The Labute approximate surface area is 169 Å². The van der Waals surface area contributed by atoms with E-state index in [9.17, 15) is 9.59 Å². The molecule has 0 saturated heterocycles. The smallest absolute Gasteiger partial charge is 0.271 e. The Morgan fingerprint density at radius 3 is 2.52 bits per heavy atom. The molecular weight excluding hydrogens is 426 g/mol. The summed E-state index contributed by atoms with van der Waals surface area (Å²) >= 11 is 4.64. The first kappa shape index (κ1) is 19.4. The summed E-state index contributed by atoms with van der Waals surface area (Å²) in [6.45, 7) is 4.01. The van der Waals surface area contributed by atoms with Crippen LogP contribution in [0.5, 0.6) is 0 Å². The number of nitrogens with zero attached hydrogens (tertiary/aromatic N) is 2. The molecular formula is C20H18BrN3O2S. The second-order valence-electron chi connectivity index (χ2n) is 6.03. The second-order valence-corrected chi connectivity index (χ2v) is 7.95. The van der Waals surface area contributed by atoms with E-state index in [0.717, 1.165) is 21.3 Å². The van der Waals surface area contributed by atoms with E-state index in [-0.39, 0.29) is 17.2 Å². The minimum Gasteiger partial charge on any atom is -0.325 e. The number of anilines is 1. The monoisotopic (exact) mass is 443 g/mol. The van der Waals surface area contributed by atoms with E-state index in [1.165, 1.54) is 22.5 Å². The molecule has 7 heteroatoms. The van der Waals surface area contributed by atoms with Gasteiger partial charge in [0.2, 0.25) is 5.91 Å². The number of benzene rings is 2. The molecule has 0 aliphatic carbocycles. The highest BCUT2D eigenvalue weighted by Crippen LogP contribution is 2.18. The van der Waals surface area contributed by atoms with Crippen molar-refractivity contribution in [3.63, 3.8) is 0 Å². The number of aryl methyl sites for hydroxylation is 2. The van der Waals surface area contributed by atoms with E-state index in [0.29, 0.717) is 10.7 Å². The lowest BCUT2D eigenvalue weighted by Crippen LogP contribution is -2.21. The fraction of sp³-hybridized carbons (Fsp3) is 0.150. The number of rotatable bonds is 5. The predicted molar refractivity (Wildman–Crippen MR) is 113 cm³/mol. The van der Waals surface area contributed by atoms with E-state index in [2.05, 4.69) is 26.3 Å². The first-order chi connectivity index (χ1) is 12.9. The van der Waals surface area contributed by atoms with Gasteiger partial charge in [0.1, 0.15) is 5.03 Å². The van der Waals surface area contributed by atoms with Gasteiger partial charge in [-0.2, -0.15) is 9.78 Å². The summed E-state index contributed by atoms with van der Waals surface area (Å²) in [5, 5.41) is 7.83. The predicted octanol–water partition coefficient (Wildman–Crippen LogP) is 4.34. The van der Waals surface area contributed by atoms with Gasteiger partial charge in [-0.25, -0.2) is 0 Å². The summed E-state index contributed by atoms with van der Waals surface area (Å²) in [6, 6.07) is 16.2. The highest BCUT2D eigenvalue weighted by molar-refractivity contribution is 9.10. The summed E-state index contributed by atoms with van der Waals surface area (Å²) in [6.07, 6.45) is 0. The third-order valence-corrected chi connectivity index (χ3v) is 5.44. The average molecular weight is 444 g/mol. The average Bonchev–Trinajstić information content (AvgIpc) is 2.65. The van der Waals surface area contributed by atoms with Crippen molar-refractivity contribution < 1.29 is 4.79 Å².